The SMILES string of the molecule is Cc1cc(CCCCOC2CCCCO2)c2c(c1)[C@H]1C(C=CC=O)C(=O)C[C@H]1O2. The fourth-order valence-corrected chi connectivity index (χ4v) is 4.88. The van der Waals surface area contributed by atoms with Crippen molar-refractivity contribution in [1.82, 2.24) is 0 Å². The molecule has 0 spiro atoms. The molecule has 2 fully saturated rings. The van der Waals surface area contributed by atoms with Gasteiger partial charge >= 0.3 is 0 Å². The van der Waals surface area contributed by atoms with Crippen LogP contribution in [0.2, 0.25) is 0 Å². The molecule has 2 heterocycles. The lowest BCUT2D eigenvalue weighted by Crippen LogP contribution is -2.22. The highest BCUT2D eigenvalue weighted by molar-refractivity contribution is 5.89. The highest BCUT2D eigenvalue weighted by atomic mass is 16.7. The van der Waals surface area contributed by atoms with Crippen LogP contribution in [0.15, 0.2) is 24.3 Å². The summed E-state index contributed by atoms with van der Waals surface area (Å²) in [4.78, 5) is 23.1. The number of allylic oxidation sites excluding steroid dienone is 2. The van der Waals surface area contributed by atoms with E-state index in [0.29, 0.717) is 6.42 Å². The van der Waals surface area contributed by atoms with E-state index in [-0.39, 0.29) is 30.0 Å². The van der Waals surface area contributed by atoms with E-state index in [0.717, 1.165) is 62.9 Å². The van der Waals surface area contributed by atoms with Gasteiger partial charge in [0.2, 0.25) is 0 Å². The smallest absolute Gasteiger partial charge is 0.157 e. The molecule has 4 atom stereocenters. The maximum absolute atomic E-state index is 12.4. The van der Waals surface area contributed by atoms with Gasteiger partial charge < -0.3 is 14.2 Å². The average Bonchev–Trinajstić information content (AvgIpc) is 3.22. The lowest BCUT2D eigenvalue weighted by atomic mass is 9.86. The zero-order chi connectivity index (χ0) is 20.2. The van der Waals surface area contributed by atoms with Crippen LogP contribution in [0.4, 0.5) is 0 Å². The Labute approximate surface area is 172 Å². The van der Waals surface area contributed by atoms with Crippen molar-refractivity contribution in [3.8, 4) is 5.75 Å². The molecule has 3 aliphatic rings. The van der Waals surface area contributed by atoms with Crippen LogP contribution < -0.4 is 4.74 Å². The topological polar surface area (TPSA) is 61.8 Å². The summed E-state index contributed by atoms with van der Waals surface area (Å²) < 4.78 is 17.7. The van der Waals surface area contributed by atoms with E-state index in [2.05, 4.69) is 19.1 Å². The van der Waals surface area contributed by atoms with E-state index >= 15 is 0 Å². The van der Waals surface area contributed by atoms with Gasteiger partial charge in [0.25, 0.3) is 0 Å². The number of rotatable bonds is 8. The molecule has 156 valence electrons. The number of Topliss-reactive ketones (excluding diaryl/α,β-unsaturated/α-hetero) is 1. The van der Waals surface area contributed by atoms with Crippen LogP contribution in [0.3, 0.4) is 0 Å². The number of hydrogen-bond acceptors (Lipinski definition) is 5. The first-order chi connectivity index (χ1) is 14.2. The second kappa shape index (κ2) is 9.23. The van der Waals surface area contributed by atoms with Gasteiger partial charge in [-0.25, -0.2) is 0 Å². The van der Waals surface area contributed by atoms with E-state index in [1.54, 1.807) is 6.08 Å². The third kappa shape index (κ3) is 4.46. The van der Waals surface area contributed by atoms with E-state index in [1.807, 2.05) is 0 Å². The molecule has 0 aromatic heterocycles. The van der Waals surface area contributed by atoms with Crippen molar-refractivity contribution in [1.29, 1.82) is 0 Å². The Morgan fingerprint density at radius 3 is 2.93 bits per heavy atom. The molecule has 1 saturated heterocycles. The number of carbonyl (C=O) groups excluding carboxylic acids is 2. The minimum absolute atomic E-state index is 0.0245. The van der Waals surface area contributed by atoms with Crippen molar-refractivity contribution in [2.75, 3.05) is 13.2 Å². The summed E-state index contributed by atoms with van der Waals surface area (Å²) in [5.41, 5.74) is 3.53. The first kappa shape index (κ1) is 20.3. The summed E-state index contributed by atoms with van der Waals surface area (Å²) in [5, 5.41) is 0. The summed E-state index contributed by atoms with van der Waals surface area (Å²) in [6.45, 7) is 3.62. The molecule has 0 N–H and O–H groups in total. The molecule has 1 aliphatic carbocycles. The molecule has 1 aromatic rings. The molecule has 4 rings (SSSR count). The lowest BCUT2D eigenvalue weighted by molar-refractivity contribution is -0.162. The number of benzene rings is 1. The van der Waals surface area contributed by atoms with Crippen LogP contribution in [-0.4, -0.2) is 37.7 Å². The van der Waals surface area contributed by atoms with Gasteiger partial charge in [-0.05, 0) is 57.1 Å². The second-order valence-electron chi connectivity index (χ2n) is 8.37. The molecule has 29 heavy (non-hydrogen) atoms. The molecule has 0 amide bonds. The van der Waals surface area contributed by atoms with E-state index in [9.17, 15) is 9.59 Å². The molecule has 2 unspecified atom stereocenters. The van der Waals surface area contributed by atoms with Gasteiger partial charge in [0, 0.05) is 37.0 Å². The predicted octanol–water partition coefficient (Wildman–Crippen LogP) is 4.05. The standard InChI is InChI=1S/C24H30O5/c1-16-13-17(7-2-4-11-27-22-9-3-5-12-28-22)24-19(14-16)23-18(8-6-10-25)20(26)15-21(23)29-24/h6,8,10,13-14,18,21-23H,2-5,7,9,11-12,15H2,1H3/t18?,21-,22?,23-/m1/s1. The van der Waals surface area contributed by atoms with Crippen molar-refractivity contribution in [2.45, 2.75) is 70.2 Å². The van der Waals surface area contributed by atoms with Crippen molar-refractivity contribution in [3.05, 3.63) is 41.0 Å². The van der Waals surface area contributed by atoms with E-state index in [4.69, 9.17) is 14.2 Å². The molecule has 0 bridgehead atoms. The van der Waals surface area contributed by atoms with Crippen LogP contribution in [0.1, 0.15) is 61.1 Å². The Morgan fingerprint density at radius 1 is 1.24 bits per heavy atom. The van der Waals surface area contributed by atoms with Gasteiger partial charge in [-0.2, -0.15) is 0 Å². The number of aryl methyl sites for hydroxylation is 2. The van der Waals surface area contributed by atoms with Gasteiger partial charge in [0.05, 0.1) is 0 Å². The fraction of sp³-hybridized carbons (Fsp3) is 0.583. The van der Waals surface area contributed by atoms with Gasteiger partial charge in [0.15, 0.2) is 6.29 Å². The number of ketones is 1. The first-order valence-corrected chi connectivity index (χ1v) is 10.9. The average molecular weight is 398 g/mol. The van der Waals surface area contributed by atoms with E-state index in [1.165, 1.54) is 23.6 Å². The number of aldehydes is 1. The Hall–Kier alpha value is -1.98. The molecular formula is C24H30O5. The lowest BCUT2D eigenvalue weighted by Gasteiger charge is -2.22. The van der Waals surface area contributed by atoms with Crippen molar-refractivity contribution in [2.24, 2.45) is 5.92 Å². The molecule has 1 aromatic carbocycles. The van der Waals surface area contributed by atoms with Gasteiger partial charge in [0.1, 0.15) is 23.9 Å². The number of fused-ring (bicyclic) bond motifs is 3. The molecule has 1 saturated carbocycles. The molecule has 5 nitrogen and oxygen atoms in total. The Bertz CT molecular complexity index is 778. The summed E-state index contributed by atoms with van der Waals surface area (Å²) in [6.07, 6.45) is 10.5. The highest BCUT2D eigenvalue weighted by Crippen LogP contribution is 2.51. The highest BCUT2D eigenvalue weighted by Gasteiger charge is 2.49. The summed E-state index contributed by atoms with van der Waals surface area (Å²) in [5.74, 6) is 0.886. The minimum atomic E-state index is -0.259. The number of carbonyl (C=O) groups is 2. The third-order valence-corrected chi connectivity index (χ3v) is 6.21. The van der Waals surface area contributed by atoms with Gasteiger partial charge in [-0.15, -0.1) is 0 Å². The fourth-order valence-electron chi connectivity index (χ4n) is 4.88. The van der Waals surface area contributed by atoms with Gasteiger partial charge in [-0.3, -0.25) is 9.59 Å². The summed E-state index contributed by atoms with van der Waals surface area (Å²) in [6, 6.07) is 4.34. The van der Waals surface area contributed by atoms with Crippen LogP contribution in [-0.2, 0) is 25.5 Å². The van der Waals surface area contributed by atoms with Crippen molar-refractivity contribution >= 4 is 12.1 Å². The number of ether oxygens (including phenoxy) is 3. The zero-order valence-corrected chi connectivity index (χ0v) is 17.1. The summed E-state index contributed by atoms with van der Waals surface area (Å²) >= 11 is 0. The largest absolute Gasteiger partial charge is 0.489 e. The predicted molar refractivity (Wildman–Crippen MR) is 109 cm³/mol. The normalized spacial score (nSPS) is 28.4. The monoisotopic (exact) mass is 398 g/mol. The number of unbranched alkanes of at least 4 members (excludes halogenated alkanes) is 1. The third-order valence-electron chi connectivity index (χ3n) is 6.21. The molecule has 0 radical (unpaired) electrons. The Morgan fingerprint density at radius 2 is 2.14 bits per heavy atom. The maximum Gasteiger partial charge on any atom is 0.157 e. The molecule has 5 heteroatoms. The van der Waals surface area contributed by atoms with Crippen LogP contribution in [0, 0.1) is 12.8 Å². The molecular weight excluding hydrogens is 368 g/mol. The zero-order valence-electron chi connectivity index (χ0n) is 17.1. The quantitative estimate of drug-likeness (QED) is 0.376. The molecule has 2 aliphatic heterocycles. The van der Waals surface area contributed by atoms with Crippen LogP contribution in [0.5, 0.6) is 5.75 Å². The maximum atomic E-state index is 12.4. The Kier molecular flexibility index (Phi) is 6.46. The van der Waals surface area contributed by atoms with Crippen LogP contribution >= 0.6 is 0 Å². The van der Waals surface area contributed by atoms with Crippen molar-refractivity contribution < 1.29 is 23.8 Å². The first-order valence-electron chi connectivity index (χ1n) is 10.9. The second-order valence-corrected chi connectivity index (χ2v) is 8.37. The minimum Gasteiger partial charge on any atom is -0.489 e. The van der Waals surface area contributed by atoms with E-state index < -0.39 is 0 Å². The van der Waals surface area contributed by atoms with Crippen molar-refractivity contribution in [3.63, 3.8) is 0 Å². The Balaban J connectivity index is 1.39. The summed E-state index contributed by atoms with van der Waals surface area (Å²) in [7, 11) is 0. The number of hydrogen-bond donors (Lipinski definition) is 0. The van der Waals surface area contributed by atoms with Gasteiger partial charge in [-0.1, -0.05) is 23.8 Å². The van der Waals surface area contributed by atoms with Crippen LogP contribution in [0.25, 0.3) is 0 Å².